The lowest BCUT2D eigenvalue weighted by molar-refractivity contribution is 0.896. The molecule has 0 aliphatic carbocycles. The quantitative estimate of drug-likeness (QED) is 0.349. The van der Waals surface area contributed by atoms with Crippen LogP contribution in [0.25, 0.3) is 6.08 Å². The third-order valence-electron chi connectivity index (χ3n) is 4.07. The second kappa shape index (κ2) is 8.42. The Kier molecular flexibility index (Phi) is 6.54. The number of allylic oxidation sites excluding steroid dienone is 1. The molecule has 1 unspecified atom stereocenters. The molecule has 0 saturated heterocycles. The van der Waals surface area contributed by atoms with Crippen LogP contribution in [0.5, 0.6) is 0 Å². The summed E-state index contributed by atoms with van der Waals surface area (Å²) in [6, 6.07) is 31.6. The van der Waals surface area contributed by atoms with Gasteiger partial charge in [-0.2, -0.15) is 9.90 Å². The van der Waals surface area contributed by atoms with Gasteiger partial charge in [0.2, 0.25) is 0 Å². The summed E-state index contributed by atoms with van der Waals surface area (Å²) >= 11 is 4.06. The molecule has 0 aliphatic heterocycles. The normalized spacial score (nSPS) is 11.7. The molecule has 122 valence electrons. The molecular formula is C22H22BrP. The molecule has 24 heavy (non-hydrogen) atoms. The van der Waals surface area contributed by atoms with Gasteiger partial charge in [0.15, 0.2) is 0 Å². The van der Waals surface area contributed by atoms with Gasteiger partial charge < -0.3 is 0 Å². The van der Waals surface area contributed by atoms with Crippen LogP contribution in [0.2, 0.25) is 0 Å². The first-order valence-electron chi connectivity index (χ1n) is 7.75. The van der Waals surface area contributed by atoms with E-state index in [1.807, 2.05) is 6.07 Å². The Morgan fingerprint density at radius 1 is 0.708 bits per heavy atom. The van der Waals surface area contributed by atoms with E-state index in [0.717, 1.165) is 0 Å². The molecule has 0 N–H and O–H groups in total. The molecule has 0 amide bonds. The predicted molar refractivity (Wildman–Crippen MR) is 114 cm³/mol. The van der Waals surface area contributed by atoms with Crippen LogP contribution in [0, 0.1) is 0 Å². The Morgan fingerprint density at radius 3 is 1.50 bits per heavy atom. The Hall–Kier alpha value is -1.69. The average molecular weight is 397 g/mol. The van der Waals surface area contributed by atoms with E-state index in [1.54, 1.807) is 0 Å². The smallest absolute Gasteiger partial charge is 0.0965 e. The maximum absolute atomic E-state index is 4.06. The fourth-order valence-corrected chi connectivity index (χ4v) is 3.50. The van der Waals surface area contributed by atoms with Crippen molar-refractivity contribution in [1.29, 1.82) is 0 Å². The minimum atomic E-state index is -0.328. The van der Waals surface area contributed by atoms with Crippen LogP contribution in [0.3, 0.4) is 0 Å². The zero-order valence-electron chi connectivity index (χ0n) is 13.8. The standard InChI is InChI=1S/C22H19Br.H3P/c1-18(17-19-11-5-2-6-12-19)22(23,20-13-7-3-8-14-20)21-15-9-4-10-16-21;/h2-17H,1H3;1H3/b18-17-;. The first kappa shape index (κ1) is 18.6. The van der Waals surface area contributed by atoms with Crippen molar-refractivity contribution >= 4 is 31.9 Å². The summed E-state index contributed by atoms with van der Waals surface area (Å²) < 4.78 is -0.328. The van der Waals surface area contributed by atoms with Gasteiger partial charge in [-0.15, -0.1) is 0 Å². The van der Waals surface area contributed by atoms with Gasteiger partial charge in [0.05, 0.1) is 4.32 Å². The molecular weight excluding hydrogens is 375 g/mol. The van der Waals surface area contributed by atoms with Crippen molar-refractivity contribution in [3.63, 3.8) is 0 Å². The molecule has 3 aromatic rings. The van der Waals surface area contributed by atoms with E-state index in [1.165, 1.54) is 22.3 Å². The predicted octanol–water partition coefficient (Wildman–Crippen LogP) is 6.49. The number of benzene rings is 3. The highest BCUT2D eigenvalue weighted by Crippen LogP contribution is 2.45. The van der Waals surface area contributed by atoms with Crippen LogP contribution in [-0.4, -0.2) is 0 Å². The van der Waals surface area contributed by atoms with Gasteiger partial charge >= 0.3 is 0 Å². The monoisotopic (exact) mass is 396 g/mol. The van der Waals surface area contributed by atoms with Crippen molar-refractivity contribution in [3.8, 4) is 0 Å². The van der Waals surface area contributed by atoms with Crippen LogP contribution in [-0.2, 0) is 4.32 Å². The molecule has 0 aromatic heterocycles. The molecule has 0 spiro atoms. The lowest BCUT2D eigenvalue weighted by Crippen LogP contribution is -2.21. The number of rotatable bonds is 4. The van der Waals surface area contributed by atoms with Crippen molar-refractivity contribution in [2.75, 3.05) is 0 Å². The summed E-state index contributed by atoms with van der Waals surface area (Å²) in [4.78, 5) is 0. The average Bonchev–Trinajstić information content (AvgIpc) is 2.63. The molecule has 1 atom stereocenters. The van der Waals surface area contributed by atoms with Crippen molar-refractivity contribution in [2.24, 2.45) is 0 Å². The highest BCUT2D eigenvalue weighted by Gasteiger charge is 2.32. The van der Waals surface area contributed by atoms with E-state index in [-0.39, 0.29) is 14.2 Å². The number of hydrogen-bond donors (Lipinski definition) is 0. The lowest BCUT2D eigenvalue weighted by Gasteiger charge is -2.30. The molecule has 3 rings (SSSR count). The molecule has 0 heterocycles. The van der Waals surface area contributed by atoms with Crippen LogP contribution in [0.1, 0.15) is 23.6 Å². The third kappa shape index (κ3) is 3.86. The fraction of sp³-hybridized carbons (Fsp3) is 0.0909. The van der Waals surface area contributed by atoms with E-state index in [0.29, 0.717) is 0 Å². The summed E-state index contributed by atoms with van der Waals surface area (Å²) in [5.74, 6) is 0. The van der Waals surface area contributed by atoms with Gasteiger partial charge in [0, 0.05) is 0 Å². The first-order valence-corrected chi connectivity index (χ1v) is 8.54. The first-order chi connectivity index (χ1) is 11.2. The summed E-state index contributed by atoms with van der Waals surface area (Å²) in [5.41, 5.74) is 4.92. The van der Waals surface area contributed by atoms with E-state index in [4.69, 9.17) is 0 Å². The van der Waals surface area contributed by atoms with Crippen LogP contribution >= 0.6 is 25.8 Å². The molecule has 3 aromatic carbocycles. The Bertz CT molecular complexity index is 740. The van der Waals surface area contributed by atoms with Gasteiger partial charge in [0.25, 0.3) is 0 Å². The molecule has 0 aliphatic rings. The summed E-state index contributed by atoms with van der Waals surface area (Å²) in [7, 11) is 0. The van der Waals surface area contributed by atoms with Gasteiger partial charge in [-0.1, -0.05) is 113 Å². The van der Waals surface area contributed by atoms with Gasteiger partial charge in [-0.25, -0.2) is 0 Å². The number of alkyl halides is 1. The van der Waals surface area contributed by atoms with E-state index >= 15 is 0 Å². The molecule has 0 saturated carbocycles. The minimum absolute atomic E-state index is 0. The summed E-state index contributed by atoms with van der Waals surface area (Å²) in [6.45, 7) is 2.18. The van der Waals surface area contributed by atoms with Gasteiger partial charge in [-0.3, -0.25) is 0 Å². The van der Waals surface area contributed by atoms with Crippen molar-refractivity contribution in [2.45, 2.75) is 11.2 Å². The third-order valence-corrected chi connectivity index (χ3v) is 5.61. The zero-order chi connectivity index (χ0) is 16.1. The summed E-state index contributed by atoms with van der Waals surface area (Å²) in [5, 5.41) is 0. The minimum Gasteiger partial charge on any atom is -0.153 e. The number of halogens is 1. The molecule has 0 fully saturated rings. The second-order valence-electron chi connectivity index (χ2n) is 5.63. The second-order valence-corrected chi connectivity index (χ2v) is 6.82. The van der Waals surface area contributed by atoms with Crippen molar-refractivity contribution in [1.82, 2.24) is 0 Å². The Morgan fingerprint density at radius 2 is 1.08 bits per heavy atom. The Balaban J connectivity index is 0.00000208. The highest BCUT2D eigenvalue weighted by atomic mass is 79.9. The molecule has 2 heteroatoms. The maximum Gasteiger partial charge on any atom is 0.0965 e. The van der Waals surface area contributed by atoms with Gasteiger partial charge in [-0.05, 0) is 29.2 Å². The van der Waals surface area contributed by atoms with Crippen LogP contribution < -0.4 is 0 Å². The molecule has 0 bridgehead atoms. The van der Waals surface area contributed by atoms with Crippen LogP contribution in [0.15, 0.2) is 96.6 Å². The largest absolute Gasteiger partial charge is 0.153 e. The van der Waals surface area contributed by atoms with E-state index in [9.17, 15) is 0 Å². The zero-order valence-corrected chi connectivity index (χ0v) is 16.8. The SMILES string of the molecule is C/C(=C/c1ccccc1)C(Br)(c1ccccc1)c1ccccc1.P. The van der Waals surface area contributed by atoms with Gasteiger partial charge in [0.1, 0.15) is 0 Å². The van der Waals surface area contributed by atoms with Crippen molar-refractivity contribution in [3.05, 3.63) is 113 Å². The summed E-state index contributed by atoms with van der Waals surface area (Å²) in [6.07, 6.45) is 2.24. The van der Waals surface area contributed by atoms with E-state index < -0.39 is 0 Å². The highest BCUT2D eigenvalue weighted by molar-refractivity contribution is 9.10. The van der Waals surface area contributed by atoms with E-state index in [2.05, 4.69) is 114 Å². The number of hydrogen-bond acceptors (Lipinski definition) is 0. The Labute approximate surface area is 156 Å². The maximum atomic E-state index is 4.06. The lowest BCUT2D eigenvalue weighted by atomic mass is 9.84. The molecule has 0 nitrogen and oxygen atoms in total. The molecule has 0 radical (unpaired) electrons. The van der Waals surface area contributed by atoms with Crippen molar-refractivity contribution < 1.29 is 0 Å². The topological polar surface area (TPSA) is 0 Å². The van der Waals surface area contributed by atoms with Crippen LogP contribution in [0.4, 0.5) is 0 Å². The fourth-order valence-electron chi connectivity index (χ4n) is 2.86.